The van der Waals surface area contributed by atoms with Crippen LogP contribution < -0.4 is 20.1 Å². The third-order valence-electron chi connectivity index (χ3n) is 4.16. The summed E-state index contributed by atoms with van der Waals surface area (Å²) in [7, 11) is 0. The topological polar surface area (TPSA) is 85.4 Å². The highest BCUT2D eigenvalue weighted by atomic mass is 19.1. The SMILES string of the molecule is O=C(NCc1ccc(F)cc1)c1cnc(NCc2ccc3c(c2)OCO3)cn1. The fraction of sp³-hybridized carbons (Fsp3) is 0.150. The van der Waals surface area contributed by atoms with E-state index in [2.05, 4.69) is 20.6 Å². The maximum Gasteiger partial charge on any atom is 0.271 e. The third kappa shape index (κ3) is 4.17. The molecule has 0 fully saturated rings. The predicted octanol–water partition coefficient (Wildman–Crippen LogP) is 2.89. The van der Waals surface area contributed by atoms with Crippen LogP contribution in [0.25, 0.3) is 0 Å². The molecular weight excluding hydrogens is 363 g/mol. The Balaban J connectivity index is 1.30. The van der Waals surface area contributed by atoms with Crippen LogP contribution in [0.3, 0.4) is 0 Å². The molecule has 142 valence electrons. The number of anilines is 1. The summed E-state index contributed by atoms with van der Waals surface area (Å²) in [4.78, 5) is 20.5. The minimum Gasteiger partial charge on any atom is -0.454 e. The molecule has 7 nitrogen and oxygen atoms in total. The number of hydrogen-bond acceptors (Lipinski definition) is 6. The quantitative estimate of drug-likeness (QED) is 0.684. The number of amides is 1. The summed E-state index contributed by atoms with van der Waals surface area (Å²) in [5.74, 6) is 1.34. The van der Waals surface area contributed by atoms with E-state index in [0.717, 1.165) is 22.6 Å². The summed E-state index contributed by atoms with van der Waals surface area (Å²) in [5.41, 5.74) is 2.01. The Labute approximate surface area is 160 Å². The van der Waals surface area contributed by atoms with E-state index in [1.54, 1.807) is 12.1 Å². The second-order valence-electron chi connectivity index (χ2n) is 6.14. The predicted molar refractivity (Wildman–Crippen MR) is 99.5 cm³/mol. The number of carbonyl (C=O) groups excluding carboxylic acids is 1. The third-order valence-corrected chi connectivity index (χ3v) is 4.16. The number of nitrogens with zero attached hydrogens (tertiary/aromatic N) is 2. The van der Waals surface area contributed by atoms with Crippen molar-refractivity contribution in [3.8, 4) is 11.5 Å². The molecule has 0 atom stereocenters. The maximum atomic E-state index is 12.9. The normalized spacial score (nSPS) is 11.9. The van der Waals surface area contributed by atoms with Crippen molar-refractivity contribution in [3.63, 3.8) is 0 Å². The van der Waals surface area contributed by atoms with Crippen molar-refractivity contribution in [1.29, 1.82) is 0 Å². The van der Waals surface area contributed by atoms with Crippen LogP contribution in [-0.2, 0) is 13.1 Å². The molecule has 0 radical (unpaired) electrons. The van der Waals surface area contributed by atoms with Crippen molar-refractivity contribution in [1.82, 2.24) is 15.3 Å². The number of aromatic nitrogens is 2. The van der Waals surface area contributed by atoms with Gasteiger partial charge in [-0.25, -0.2) is 14.4 Å². The number of rotatable bonds is 6. The molecule has 1 aliphatic rings. The first-order valence-corrected chi connectivity index (χ1v) is 8.64. The van der Waals surface area contributed by atoms with E-state index >= 15 is 0 Å². The number of fused-ring (bicyclic) bond motifs is 1. The van der Waals surface area contributed by atoms with Crippen LogP contribution in [0, 0.1) is 5.82 Å². The first kappa shape index (κ1) is 17.7. The van der Waals surface area contributed by atoms with Crippen molar-refractivity contribution in [2.45, 2.75) is 13.1 Å². The first-order valence-electron chi connectivity index (χ1n) is 8.64. The van der Waals surface area contributed by atoms with E-state index in [4.69, 9.17) is 9.47 Å². The van der Waals surface area contributed by atoms with Gasteiger partial charge >= 0.3 is 0 Å². The average molecular weight is 380 g/mol. The minimum atomic E-state index is -0.348. The highest BCUT2D eigenvalue weighted by Crippen LogP contribution is 2.32. The molecule has 0 spiro atoms. The summed E-state index contributed by atoms with van der Waals surface area (Å²) >= 11 is 0. The molecular formula is C20H17FN4O3. The van der Waals surface area contributed by atoms with Crippen LogP contribution in [0.15, 0.2) is 54.9 Å². The Bertz CT molecular complexity index is 978. The lowest BCUT2D eigenvalue weighted by molar-refractivity contribution is 0.0945. The molecule has 2 heterocycles. The number of halogens is 1. The number of carbonyl (C=O) groups is 1. The van der Waals surface area contributed by atoms with Crippen molar-refractivity contribution < 1.29 is 18.7 Å². The van der Waals surface area contributed by atoms with E-state index in [1.165, 1.54) is 24.5 Å². The molecule has 2 N–H and O–H groups in total. The van der Waals surface area contributed by atoms with Crippen molar-refractivity contribution >= 4 is 11.7 Å². The van der Waals surface area contributed by atoms with Gasteiger partial charge < -0.3 is 20.1 Å². The second kappa shape index (κ2) is 7.91. The highest BCUT2D eigenvalue weighted by molar-refractivity contribution is 5.91. The Kier molecular flexibility index (Phi) is 5.01. The van der Waals surface area contributed by atoms with Crippen molar-refractivity contribution in [2.24, 2.45) is 0 Å². The van der Waals surface area contributed by atoms with Crippen LogP contribution in [0.2, 0.25) is 0 Å². The summed E-state index contributed by atoms with van der Waals surface area (Å²) in [6, 6.07) is 11.6. The zero-order valence-electron chi connectivity index (χ0n) is 14.8. The standard InChI is InChI=1S/C20H17FN4O3/c21-15-4-1-13(2-5-15)8-25-20(26)16-10-24-19(11-22-16)23-9-14-3-6-17-18(7-14)28-12-27-17/h1-7,10-11H,8-9,12H2,(H,23,24)(H,25,26). The van der Waals surface area contributed by atoms with Gasteiger partial charge in [0.15, 0.2) is 11.5 Å². The van der Waals surface area contributed by atoms with Gasteiger partial charge in [-0.05, 0) is 35.4 Å². The first-order chi connectivity index (χ1) is 13.7. The Morgan fingerprint density at radius 3 is 2.54 bits per heavy atom. The summed E-state index contributed by atoms with van der Waals surface area (Å²) in [6.07, 6.45) is 2.90. The molecule has 0 unspecified atom stereocenters. The van der Waals surface area contributed by atoms with Gasteiger partial charge in [-0.3, -0.25) is 4.79 Å². The van der Waals surface area contributed by atoms with Crippen LogP contribution in [-0.4, -0.2) is 22.7 Å². The van der Waals surface area contributed by atoms with Gasteiger partial charge in [0.05, 0.1) is 12.4 Å². The number of hydrogen-bond donors (Lipinski definition) is 2. The van der Waals surface area contributed by atoms with Crippen LogP contribution in [0.1, 0.15) is 21.6 Å². The zero-order valence-corrected chi connectivity index (χ0v) is 14.8. The van der Waals surface area contributed by atoms with Crippen molar-refractivity contribution in [3.05, 3.63) is 77.5 Å². The maximum absolute atomic E-state index is 12.9. The molecule has 3 aromatic rings. The van der Waals surface area contributed by atoms with E-state index in [9.17, 15) is 9.18 Å². The fourth-order valence-corrected chi connectivity index (χ4v) is 2.66. The molecule has 2 aromatic carbocycles. The van der Waals surface area contributed by atoms with Gasteiger partial charge in [0.1, 0.15) is 17.3 Å². The summed E-state index contributed by atoms with van der Waals surface area (Å²) < 4.78 is 23.5. The lowest BCUT2D eigenvalue weighted by Crippen LogP contribution is -2.24. The average Bonchev–Trinajstić information content (AvgIpc) is 3.20. The lowest BCUT2D eigenvalue weighted by Gasteiger charge is -2.08. The second-order valence-corrected chi connectivity index (χ2v) is 6.14. The van der Waals surface area contributed by atoms with Crippen LogP contribution in [0.4, 0.5) is 10.2 Å². The largest absolute Gasteiger partial charge is 0.454 e. The molecule has 28 heavy (non-hydrogen) atoms. The molecule has 0 bridgehead atoms. The Morgan fingerprint density at radius 2 is 1.75 bits per heavy atom. The number of ether oxygens (including phenoxy) is 2. The molecule has 0 saturated heterocycles. The van der Waals surface area contributed by atoms with E-state index in [0.29, 0.717) is 12.4 Å². The zero-order chi connectivity index (χ0) is 19.3. The number of benzene rings is 2. The monoisotopic (exact) mass is 380 g/mol. The molecule has 1 aliphatic heterocycles. The lowest BCUT2D eigenvalue weighted by atomic mass is 10.2. The fourth-order valence-electron chi connectivity index (χ4n) is 2.66. The molecule has 8 heteroatoms. The smallest absolute Gasteiger partial charge is 0.271 e. The summed E-state index contributed by atoms with van der Waals surface area (Å²) in [6.45, 7) is 1.05. The van der Waals surface area contributed by atoms with Crippen molar-refractivity contribution in [2.75, 3.05) is 12.1 Å². The van der Waals surface area contributed by atoms with Gasteiger partial charge in [-0.15, -0.1) is 0 Å². The van der Waals surface area contributed by atoms with E-state index in [-0.39, 0.29) is 30.8 Å². The molecule has 0 saturated carbocycles. The van der Waals surface area contributed by atoms with E-state index in [1.807, 2.05) is 18.2 Å². The van der Waals surface area contributed by atoms with Gasteiger partial charge in [0, 0.05) is 13.1 Å². The molecule has 1 amide bonds. The highest BCUT2D eigenvalue weighted by Gasteiger charge is 2.13. The van der Waals surface area contributed by atoms with E-state index < -0.39 is 0 Å². The Hall–Kier alpha value is -3.68. The van der Waals surface area contributed by atoms with Gasteiger partial charge in [0.25, 0.3) is 5.91 Å². The molecule has 0 aliphatic carbocycles. The minimum absolute atomic E-state index is 0.204. The Morgan fingerprint density at radius 1 is 0.964 bits per heavy atom. The molecule has 1 aromatic heterocycles. The van der Waals surface area contributed by atoms with Crippen LogP contribution >= 0.6 is 0 Å². The van der Waals surface area contributed by atoms with Gasteiger partial charge in [-0.1, -0.05) is 18.2 Å². The van der Waals surface area contributed by atoms with Crippen LogP contribution in [0.5, 0.6) is 11.5 Å². The summed E-state index contributed by atoms with van der Waals surface area (Å²) in [5, 5.41) is 5.87. The molecule has 4 rings (SSSR count). The number of nitrogens with one attached hydrogen (secondary N) is 2. The van der Waals surface area contributed by atoms with Gasteiger partial charge in [-0.2, -0.15) is 0 Å². The van der Waals surface area contributed by atoms with Gasteiger partial charge in [0.2, 0.25) is 6.79 Å².